The van der Waals surface area contributed by atoms with Crippen LogP contribution >= 0.6 is 0 Å². The molecule has 0 radical (unpaired) electrons. The molecule has 5 atom stereocenters. The maximum absolute atomic E-state index is 13.4. The summed E-state index contributed by atoms with van der Waals surface area (Å²) in [5.74, 6) is -1.20. The molecule has 2 fully saturated rings. The molecule has 0 unspecified atom stereocenters. The standard InChI is InChI=1S/C28H46N2O7Si/c1-17(2)38(18(3)4,19(5)6)37-20(7)26-30-25(31)23(24(35-26)22-16-34-28(8,9)36-22)29-27(32)33-15-21-13-11-10-12-14-21/h10-14,17-20,22-24,26H,15-16H2,1-9H3,(H,29,32)(H,30,31)/t20-,22+,23+,24+,26+/m0/s1. The highest BCUT2D eigenvalue weighted by Gasteiger charge is 2.51. The van der Waals surface area contributed by atoms with Crippen LogP contribution in [0.2, 0.25) is 16.6 Å². The molecule has 1 aromatic rings. The first-order valence-electron chi connectivity index (χ1n) is 13.7. The van der Waals surface area contributed by atoms with Crippen molar-refractivity contribution in [2.45, 2.75) is 122 Å². The Balaban J connectivity index is 1.77. The molecule has 2 amide bonds. The molecule has 0 aliphatic carbocycles. The van der Waals surface area contributed by atoms with Crippen LogP contribution in [-0.4, -0.2) is 63.3 Å². The number of nitrogens with one attached hydrogen (secondary N) is 2. The van der Waals surface area contributed by atoms with E-state index in [4.69, 9.17) is 23.4 Å². The van der Waals surface area contributed by atoms with Crippen molar-refractivity contribution in [1.29, 1.82) is 0 Å². The van der Waals surface area contributed by atoms with Gasteiger partial charge in [0.25, 0.3) is 0 Å². The van der Waals surface area contributed by atoms with Crippen LogP contribution in [0.5, 0.6) is 0 Å². The Labute approximate surface area is 228 Å². The number of benzene rings is 1. The molecule has 9 nitrogen and oxygen atoms in total. The van der Waals surface area contributed by atoms with Crippen molar-refractivity contribution in [3.05, 3.63) is 35.9 Å². The van der Waals surface area contributed by atoms with Gasteiger partial charge in [-0.05, 0) is 43.0 Å². The third kappa shape index (κ3) is 6.96. The second-order valence-corrected chi connectivity index (χ2v) is 17.1. The number of carbonyl (C=O) groups excluding carboxylic acids is 2. The molecule has 2 aliphatic rings. The molecule has 38 heavy (non-hydrogen) atoms. The van der Waals surface area contributed by atoms with Crippen molar-refractivity contribution in [2.75, 3.05) is 6.61 Å². The van der Waals surface area contributed by atoms with Crippen LogP contribution in [0.15, 0.2) is 30.3 Å². The third-order valence-electron chi connectivity index (χ3n) is 7.61. The van der Waals surface area contributed by atoms with Crippen LogP contribution in [0, 0.1) is 0 Å². The number of amides is 2. The Morgan fingerprint density at radius 2 is 1.68 bits per heavy atom. The maximum atomic E-state index is 13.4. The normalized spacial score (nSPS) is 26.5. The van der Waals surface area contributed by atoms with Gasteiger partial charge in [0.2, 0.25) is 14.2 Å². The molecule has 0 spiro atoms. The molecular formula is C28H46N2O7Si. The highest BCUT2D eigenvalue weighted by Crippen LogP contribution is 2.43. The number of rotatable bonds is 10. The molecule has 10 heteroatoms. The summed E-state index contributed by atoms with van der Waals surface area (Å²) in [5.41, 5.74) is 1.97. The molecule has 2 heterocycles. The number of hydrogen-bond donors (Lipinski definition) is 2. The zero-order valence-electron chi connectivity index (χ0n) is 24.3. The van der Waals surface area contributed by atoms with Gasteiger partial charge >= 0.3 is 6.09 Å². The van der Waals surface area contributed by atoms with Crippen LogP contribution in [0.1, 0.15) is 67.9 Å². The number of carbonyl (C=O) groups is 2. The van der Waals surface area contributed by atoms with E-state index >= 15 is 0 Å². The summed E-state index contributed by atoms with van der Waals surface area (Å²) >= 11 is 0. The maximum Gasteiger partial charge on any atom is 0.408 e. The Bertz CT molecular complexity index is 919. The first-order chi connectivity index (χ1) is 17.8. The lowest BCUT2D eigenvalue weighted by Crippen LogP contribution is -2.68. The predicted molar refractivity (Wildman–Crippen MR) is 147 cm³/mol. The van der Waals surface area contributed by atoms with Gasteiger partial charge in [0.15, 0.2) is 12.0 Å². The lowest BCUT2D eigenvalue weighted by Gasteiger charge is -2.47. The van der Waals surface area contributed by atoms with E-state index in [1.165, 1.54) is 0 Å². The van der Waals surface area contributed by atoms with E-state index < -0.39 is 50.8 Å². The van der Waals surface area contributed by atoms with E-state index in [0.29, 0.717) is 16.6 Å². The van der Waals surface area contributed by atoms with Crippen molar-refractivity contribution in [3.8, 4) is 0 Å². The molecule has 2 N–H and O–H groups in total. The smallest absolute Gasteiger partial charge is 0.408 e. The van der Waals surface area contributed by atoms with Gasteiger partial charge in [-0.25, -0.2) is 4.79 Å². The zero-order chi connectivity index (χ0) is 28.3. The molecule has 0 saturated carbocycles. The summed E-state index contributed by atoms with van der Waals surface area (Å²) in [6.07, 6.45) is -3.18. The van der Waals surface area contributed by atoms with Crippen molar-refractivity contribution in [1.82, 2.24) is 10.6 Å². The van der Waals surface area contributed by atoms with E-state index in [9.17, 15) is 9.59 Å². The molecule has 3 rings (SSSR count). The van der Waals surface area contributed by atoms with E-state index in [0.717, 1.165) is 5.56 Å². The van der Waals surface area contributed by atoms with Crippen molar-refractivity contribution in [2.24, 2.45) is 0 Å². The Morgan fingerprint density at radius 3 is 2.21 bits per heavy atom. The average Bonchev–Trinajstić information content (AvgIpc) is 3.21. The first kappa shape index (κ1) is 30.6. The Morgan fingerprint density at radius 1 is 1.08 bits per heavy atom. The molecule has 0 bridgehead atoms. The van der Waals surface area contributed by atoms with Crippen LogP contribution in [0.25, 0.3) is 0 Å². The van der Waals surface area contributed by atoms with Gasteiger partial charge in [0.1, 0.15) is 24.9 Å². The second kappa shape index (κ2) is 12.5. The summed E-state index contributed by atoms with van der Waals surface area (Å²) in [7, 11) is -2.24. The SMILES string of the molecule is CC(C)[Si](O[C@@H](C)[C@@H]1NC(=O)[C@H](NC(=O)OCc2ccccc2)[C@@H]([C@H]2COC(C)(C)O2)O1)(C(C)C)C(C)C. The minimum Gasteiger partial charge on any atom is -0.445 e. The first-order valence-corrected chi connectivity index (χ1v) is 15.8. The van der Waals surface area contributed by atoms with Gasteiger partial charge in [-0.2, -0.15) is 0 Å². The van der Waals surface area contributed by atoms with Crippen molar-refractivity contribution >= 4 is 20.3 Å². The predicted octanol–water partition coefficient (Wildman–Crippen LogP) is 4.85. The fourth-order valence-electron chi connectivity index (χ4n) is 5.90. The summed E-state index contributed by atoms with van der Waals surface area (Å²) < 4.78 is 30.5. The third-order valence-corrected chi connectivity index (χ3v) is 13.8. The monoisotopic (exact) mass is 550 g/mol. The Kier molecular flexibility index (Phi) is 10.0. The minimum absolute atomic E-state index is 0.0857. The van der Waals surface area contributed by atoms with Crippen LogP contribution in [0.4, 0.5) is 4.79 Å². The topological polar surface area (TPSA) is 104 Å². The van der Waals surface area contributed by atoms with Crippen LogP contribution < -0.4 is 10.6 Å². The minimum atomic E-state index is -2.24. The number of alkyl carbamates (subject to hydrolysis) is 1. The Hall–Kier alpha value is -1.98. The van der Waals surface area contributed by atoms with Gasteiger partial charge in [-0.15, -0.1) is 0 Å². The van der Waals surface area contributed by atoms with Gasteiger partial charge < -0.3 is 34.0 Å². The summed E-state index contributed by atoms with van der Waals surface area (Å²) in [6, 6.07) is 8.32. The van der Waals surface area contributed by atoms with Gasteiger partial charge in [0, 0.05) is 0 Å². The van der Waals surface area contributed by atoms with Crippen molar-refractivity contribution in [3.63, 3.8) is 0 Å². The van der Waals surface area contributed by atoms with E-state index in [1.54, 1.807) is 0 Å². The summed E-state index contributed by atoms with van der Waals surface area (Å²) in [6.45, 7) is 19.2. The largest absolute Gasteiger partial charge is 0.445 e. The lowest BCUT2D eigenvalue weighted by molar-refractivity contribution is -0.193. The highest BCUT2D eigenvalue weighted by molar-refractivity contribution is 6.77. The lowest BCUT2D eigenvalue weighted by atomic mass is 10.0. The zero-order valence-corrected chi connectivity index (χ0v) is 25.3. The van der Waals surface area contributed by atoms with E-state index in [1.807, 2.05) is 51.1 Å². The molecule has 2 saturated heterocycles. The molecule has 0 aromatic heterocycles. The fourth-order valence-corrected chi connectivity index (χ4v) is 11.5. The van der Waals surface area contributed by atoms with Crippen molar-refractivity contribution < 1.29 is 33.0 Å². The van der Waals surface area contributed by atoms with Crippen LogP contribution in [0.3, 0.4) is 0 Å². The highest BCUT2D eigenvalue weighted by atomic mass is 28.4. The second-order valence-electron chi connectivity index (χ2n) is 11.7. The number of hydrogen-bond acceptors (Lipinski definition) is 7. The van der Waals surface area contributed by atoms with Gasteiger partial charge in [0.05, 0.1) is 12.7 Å². The van der Waals surface area contributed by atoms with E-state index in [-0.39, 0.29) is 19.1 Å². The molecular weight excluding hydrogens is 504 g/mol. The average molecular weight is 551 g/mol. The molecule has 1 aromatic carbocycles. The summed E-state index contributed by atoms with van der Waals surface area (Å²) in [5, 5.41) is 5.62. The molecule has 2 aliphatic heterocycles. The van der Waals surface area contributed by atoms with Gasteiger partial charge in [-0.1, -0.05) is 71.9 Å². The molecule has 214 valence electrons. The van der Waals surface area contributed by atoms with E-state index in [2.05, 4.69) is 52.2 Å². The number of ether oxygens (including phenoxy) is 4. The quantitative estimate of drug-likeness (QED) is 0.401. The van der Waals surface area contributed by atoms with Crippen LogP contribution in [-0.2, 0) is 34.8 Å². The summed E-state index contributed by atoms with van der Waals surface area (Å²) in [4.78, 5) is 26.1. The fraction of sp³-hybridized carbons (Fsp3) is 0.714. The van der Waals surface area contributed by atoms with Gasteiger partial charge in [-0.3, -0.25) is 4.79 Å².